The van der Waals surface area contributed by atoms with Gasteiger partial charge >= 0.3 is 0 Å². The summed E-state index contributed by atoms with van der Waals surface area (Å²) in [6.07, 6.45) is 1.89. The molecule has 0 N–H and O–H groups in total. The summed E-state index contributed by atoms with van der Waals surface area (Å²) in [7, 11) is 2.31. The Morgan fingerprint density at radius 3 is 2.00 bits per heavy atom. The lowest BCUT2D eigenvalue weighted by Gasteiger charge is -2.32. The number of rotatable bonds is 5. The van der Waals surface area contributed by atoms with E-state index in [0.717, 1.165) is 11.0 Å². The molecule has 0 fully saturated rings. The zero-order valence-corrected chi connectivity index (χ0v) is 12.7. The topological polar surface area (TPSA) is 0 Å². The van der Waals surface area contributed by atoms with Crippen molar-refractivity contribution in [2.24, 2.45) is 0 Å². The maximum absolute atomic E-state index is 3.76. The fourth-order valence-electron chi connectivity index (χ4n) is 1.65. The van der Waals surface area contributed by atoms with Gasteiger partial charge in [0.25, 0.3) is 0 Å². The van der Waals surface area contributed by atoms with Crippen LogP contribution >= 0.6 is 0 Å². The monoisotopic (exact) mass is 331 g/mol. The third-order valence-corrected chi connectivity index (χ3v) is 3.31. The minimum atomic E-state index is 0. The predicted molar refractivity (Wildman–Crippen MR) is 67.5 cm³/mol. The smallest absolute Gasteiger partial charge is 0.104 e. The summed E-state index contributed by atoms with van der Waals surface area (Å²) in [6, 6.07) is 8.69. The first-order chi connectivity index (χ1) is 7.13. The van der Waals surface area contributed by atoms with E-state index in [1.54, 1.807) is 0 Å². The fraction of sp³-hybridized carbons (Fsp3) is 0.429. The van der Waals surface area contributed by atoms with E-state index in [0.29, 0.717) is 0 Å². The zero-order valence-electron chi connectivity index (χ0n) is 10.5. The summed E-state index contributed by atoms with van der Waals surface area (Å²) in [6.45, 7) is 11.7. The van der Waals surface area contributed by atoms with Crippen molar-refractivity contribution in [1.82, 2.24) is 0 Å². The highest BCUT2D eigenvalue weighted by Gasteiger charge is 2.16. The van der Waals surface area contributed by atoms with Crippen LogP contribution < -0.4 is 24.0 Å². The van der Waals surface area contributed by atoms with Gasteiger partial charge in [0.05, 0.1) is 20.1 Å². The Hall–Kier alpha value is -0.350. The molecule has 0 aromatic heterocycles. The number of halogens is 1. The van der Waals surface area contributed by atoms with Gasteiger partial charge < -0.3 is 28.5 Å². The number of benzene rings is 1. The highest BCUT2D eigenvalue weighted by molar-refractivity contribution is 5.47. The summed E-state index contributed by atoms with van der Waals surface area (Å²) in [4.78, 5) is 0. The van der Waals surface area contributed by atoms with Crippen LogP contribution in [0.1, 0.15) is 25.0 Å². The van der Waals surface area contributed by atoms with Crippen LogP contribution in [0.2, 0.25) is 0 Å². The maximum atomic E-state index is 3.76. The first kappa shape index (κ1) is 15.7. The molecule has 0 aliphatic carbocycles. The summed E-state index contributed by atoms with van der Waals surface area (Å²) in [5, 5.41) is 0. The third-order valence-electron chi connectivity index (χ3n) is 3.31. The fourth-order valence-corrected chi connectivity index (χ4v) is 1.65. The van der Waals surface area contributed by atoms with Gasteiger partial charge in [-0.15, -0.1) is 0 Å². The molecule has 0 atom stereocenters. The van der Waals surface area contributed by atoms with Crippen LogP contribution in [0, 0.1) is 0 Å². The van der Waals surface area contributed by atoms with Crippen molar-refractivity contribution in [1.29, 1.82) is 0 Å². The predicted octanol–water partition coefficient (Wildman–Crippen LogP) is 0.320. The molecule has 1 aromatic rings. The van der Waals surface area contributed by atoms with Crippen molar-refractivity contribution in [3.8, 4) is 0 Å². The molecule has 0 aliphatic rings. The highest BCUT2D eigenvalue weighted by atomic mass is 127. The minimum absolute atomic E-state index is 0. The second-order valence-electron chi connectivity index (χ2n) is 4.36. The summed E-state index contributed by atoms with van der Waals surface area (Å²) in [5.74, 6) is 0. The van der Waals surface area contributed by atoms with Gasteiger partial charge in [-0.2, -0.15) is 0 Å². The van der Waals surface area contributed by atoms with Crippen LogP contribution in [0.25, 0.3) is 6.08 Å². The number of hydrogen-bond donors (Lipinski definition) is 0. The van der Waals surface area contributed by atoms with Crippen molar-refractivity contribution >= 4 is 6.08 Å². The molecule has 0 radical (unpaired) electrons. The maximum Gasteiger partial charge on any atom is 0.104 e. The van der Waals surface area contributed by atoms with Gasteiger partial charge in [0.15, 0.2) is 0 Å². The average molecular weight is 331 g/mol. The van der Waals surface area contributed by atoms with Crippen molar-refractivity contribution < 1.29 is 28.5 Å². The van der Waals surface area contributed by atoms with Crippen molar-refractivity contribution in [3.63, 3.8) is 0 Å². The normalized spacial score (nSPS) is 10.7. The second-order valence-corrected chi connectivity index (χ2v) is 4.36. The van der Waals surface area contributed by atoms with E-state index in [1.807, 2.05) is 6.08 Å². The van der Waals surface area contributed by atoms with E-state index < -0.39 is 0 Å². The number of nitrogens with zero attached hydrogens (tertiary/aromatic N) is 1. The molecule has 0 unspecified atom stereocenters. The van der Waals surface area contributed by atoms with E-state index in [9.17, 15) is 0 Å². The van der Waals surface area contributed by atoms with Crippen LogP contribution in [0.15, 0.2) is 30.8 Å². The Balaban J connectivity index is 0.00000225. The van der Waals surface area contributed by atoms with Crippen molar-refractivity contribution in [3.05, 3.63) is 42.0 Å². The van der Waals surface area contributed by atoms with Crippen LogP contribution in [0.4, 0.5) is 0 Å². The summed E-state index contributed by atoms with van der Waals surface area (Å²) >= 11 is 0. The van der Waals surface area contributed by atoms with Crippen LogP contribution in [-0.2, 0) is 6.54 Å². The van der Waals surface area contributed by atoms with Gasteiger partial charge in [-0.05, 0) is 19.4 Å². The quantitative estimate of drug-likeness (QED) is 0.539. The van der Waals surface area contributed by atoms with E-state index in [4.69, 9.17) is 0 Å². The molecule has 90 valence electrons. The van der Waals surface area contributed by atoms with Crippen LogP contribution in [0.3, 0.4) is 0 Å². The van der Waals surface area contributed by atoms with E-state index in [1.165, 1.54) is 24.2 Å². The Morgan fingerprint density at radius 1 is 1.12 bits per heavy atom. The minimum Gasteiger partial charge on any atom is -1.00 e. The van der Waals surface area contributed by atoms with Gasteiger partial charge in [-0.3, -0.25) is 0 Å². The first-order valence-corrected chi connectivity index (χ1v) is 5.68. The van der Waals surface area contributed by atoms with Crippen LogP contribution in [0.5, 0.6) is 0 Å². The largest absolute Gasteiger partial charge is 1.00 e. The molecule has 1 rings (SSSR count). The summed E-state index contributed by atoms with van der Waals surface area (Å²) in [5.41, 5.74) is 2.60. The Bertz CT molecular complexity index is 312. The van der Waals surface area contributed by atoms with Crippen molar-refractivity contribution in [2.45, 2.75) is 20.4 Å². The van der Waals surface area contributed by atoms with Gasteiger partial charge in [0.2, 0.25) is 0 Å². The standard InChI is InChI=1S/C14H22N.HI/c1-5-13-8-10-14(11-9-13)12-15(4,6-2)7-3;/h5,8-11H,1,6-7,12H2,2-4H3;1H/q+1;/p-1. The molecule has 0 heterocycles. The zero-order chi connectivity index (χ0) is 11.3. The van der Waals surface area contributed by atoms with Crippen LogP contribution in [-0.4, -0.2) is 24.6 Å². The van der Waals surface area contributed by atoms with Gasteiger partial charge in [-0.1, -0.05) is 36.9 Å². The van der Waals surface area contributed by atoms with E-state index in [-0.39, 0.29) is 24.0 Å². The van der Waals surface area contributed by atoms with E-state index >= 15 is 0 Å². The number of hydrogen-bond acceptors (Lipinski definition) is 0. The third kappa shape index (κ3) is 4.26. The molecule has 0 saturated carbocycles. The molecule has 0 bridgehead atoms. The Morgan fingerprint density at radius 2 is 1.62 bits per heavy atom. The molecule has 0 amide bonds. The molecular formula is C14H22IN. The van der Waals surface area contributed by atoms with Gasteiger partial charge in [0, 0.05) is 5.56 Å². The SMILES string of the molecule is C=Cc1ccc(C[N+](C)(CC)CC)cc1.[I-]. The first-order valence-electron chi connectivity index (χ1n) is 5.68. The molecule has 0 saturated heterocycles. The van der Waals surface area contributed by atoms with E-state index in [2.05, 4.69) is 51.7 Å². The van der Waals surface area contributed by atoms with Crippen molar-refractivity contribution in [2.75, 3.05) is 20.1 Å². The summed E-state index contributed by atoms with van der Waals surface area (Å²) < 4.78 is 1.10. The lowest BCUT2D eigenvalue weighted by Crippen LogP contribution is -3.00. The molecule has 0 aliphatic heterocycles. The average Bonchev–Trinajstić information content (AvgIpc) is 2.30. The lowest BCUT2D eigenvalue weighted by atomic mass is 10.1. The molecule has 1 nitrogen and oxygen atoms in total. The number of quaternary nitrogens is 1. The Labute approximate surface area is 117 Å². The van der Waals surface area contributed by atoms with Gasteiger partial charge in [-0.25, -0.2) is 0 Å². The molecule has 1 aromatic carbocycles. The second kappa shape index (κ2) is 7.07. The molecule has 0 spiro atoms. The molecule has 16 heavy (non-hydrogen) atoms. The molecular weight excluding hydrogens is 309 g/mol. The Kier molecular flexibility index (Phi) is 6.91. The lowest BCUT2D eigenvalue weighted by molar-refractivity contribution is -0.919. The highest BCUT2D eigenvalue weighted by Crippen LogP contribution is 2.12. The molecule has 2 heteroatoms. The van der Waals surface area contributed by atoms with Gasteiger partial charge in [0.1, 0.15) is 6.54 Å².